The van der Waals surface area contributed by atoms with Crippen LogP contribution in [-0.4, -0.2) is 67.4 Å². The van der Waals surface area contributed by atoms with Crippen molar-refractivity contribution < 1.29 is 19.0 Å². The molecule has 2 aliphatic rings. The first-order chi connectivity index (χ1) is 11.7. The molecule has 0 radical (unpaired) electrons. The molecule has 0 aliphatic carbocycles. The quantitative estimate of drug-likeness (QED) is 0.780. The summed E-state index contributed by atoms with van der Waals surface area (Å²) in [6.07, 6.45) is 0.597. The van der Waals surface area contributed by atoms with E-state index in [-0.39, 0.29) is 11.3 Å². The molecule has 1 atom stereocenters. The molecule has 1 unspecified atom stereocenters. The van der Waals surface area contributed by atoms with Crippen LogP contribution in [0, 0.1) is 4.91 Å². The van der Waals surface area contributed by atoms with Gasteiger partial charge in [0.05, 0.1) is 36.5 Å². The summed E-state index contributed by atoms with van der Waals surface area (Å²) in [7, 11) is 1.61. The van der Waals surface area contributed by atoms with Crippen molar-refractivity contribution in [2.24, 2.45) is 0 Å². The smallest absolute Gasteiger partial charge is 0.271 e. The van der Waals surface area contributed by atoms with E-state index in [1.54, 1.807) is 19.2 Å². The number of morpholine rings is 1. The van der Waals surface area contributed by atoms with Gasteiger partial charge in [-0.05, 0) is 17.8 Å². The minimum atomic E-state index is -0.212. The van der Waals surface area contributed by atoms with E-state index in [1.807, 2.05) is 6.07 Å². The van der Waals surface area contributed by atoms with Gasteiger partial charge in [-0.2, -0.15) is 0 Å². The van der Waals surface area contributed by atoms with E-state index < -0.39 is 0 Å². The molecule has 0 bridgehead atoms. The molecule has 2 heterocycles. The van der Waals surface area contributed by atoms with Gasteiger partial charge in [-0.25, -0.2) is 0 Å². The third-order valence-electron chi connectivity index (χ3n) is 4.11. The lowest BCUT2D eigenvalue weighted by Crippen LogP contribution is -2.43. The highest BCUT2D eigenvalue weighted by molar-refractivity contribution is 8.00. The van der Waals surface area contributed by atoms with E-state index in [2.05, 4.69) is 10.2 Å². The van der Waals surface area contributed by atoms with E-state index in [4.69, 9.17) is 9.47 Å². The predicted octanol–water partition coefficient (Wildman–Crippen LogP) is 1.38. The van der Waals surface area contributed by atoms with E-state index in [0.29, 0.717) is 38.4 Å². The first-order valence-electron chi connectivity index (χ1n) is 8.05. The van der Waals surface area contributed by atoms with E-state index in [0.717, 1.165) is 28.5 Å². The summed E-state index contributed by atoms with van der Waals surface area (Å²) in [6.45, 7) is 3.82. The van der Waals surface area contributed by atoms with Crippen LogP contribution in [0.3, 0.4) is 0 Å². The Morgan fingerprint density at radius 2 is 2.25 bits per heavy atom. The number of thioether (sulfide) groups is 1. The van der Waals surface area contributed by atoms with E-state index in [1.165, 1.54) is 11.8 Å². The fraction of sp³-hybridized carbons (Fsp3) is 0.562. The number of hydrogen-bond donors (Lipinski definition) is 1. The normalized spacial score (nSPS) is 20.7. The largest absolute Gasteiger partial charge is 0.497 e. The number of hydrogen-bond acceptors (Lipinski definition) is 6. The average molecular weight is 352 g/mol. The van der Waals surface area contributed by atoms with Gasteiger partial charge in [0, 0.05) is 43.1 Å². The maximum Gasteiger partial charge on any atom is 0.271 e. The second kappa shape index (κ2) is 7.96. The Hall–Kier alpha value is -1.64. The van der Waals surface area contributed by atoms with Gasteiger partial charge in [-0.3, -0.25) is 9.69 Å². The molecule has 1 amide bonds. The van der Waals surface area contributed by atoms with Crippen molar-refractivity contribution in [2.45, 2.75) is 16.7 Å². The first-order valence-corrected chi connectivity index (χ1v) is 8.93. The van der Waals surface area contributed by atoms with Gasteiger partial charge in [-0.1, -0.05) is 0 Å². The van der Waals surface area contributed by atoms with Gasteiger partial charge < -0.3 is 14.8 Å². The molecule has 1 N–H and O–H groups in total. The van der Waals surface area contributed by atoms with Gasteiger partial charge in [0.1, 0.15) is 5.75 Å². The van der Waals surface area contributed by atoms with Crippen LogP contribution in [0.4, 0.5) is 5.69 Å². The summed E-state index contributed by atoms with van der Waals surface area (Å²) in [5.74, 6) is 0.741. The highest BCUT2D eigenvalue weighted by atomic mass is 32.2. The number of nitroso groups, excluding NO2 is 1. The highest BCUT2D eigenvalue weighted by Gasteiger charge is 2.39. The Kier molecular flexibility index (Phi) is 5.70. The van der Waals surface area contributed by atoms with Crippen LogP contribution in [0.1, 0.15) is 6.42 Å². The van der Waals surface area contributed by atoms with Gasteiger partial charge >= 0.3 is 0 Å². The zero-order chi connectivity index (χ0) is 16.9. The van der Waals surface area contributed by atoms with Gasteiger partial charge in [0.15, 0.2) is 0 Å². The predicted molar refractivity (Wildman–Crippen MR) is 90.8 cm³/mol. The number of ether oxygens (including phenoxy) is 2. The monoisotopic (exact) mass is 352 g/mol. The van der Waals surface area contributed by atoms with Crippen LogP contribution in [0.25, 0.3) is 0 Å². The number of methoxy groups -OCH3 is 1. The highest BCUT2D eigenvalue weighted by Crippen LogP contribution is 2.44. The Balaban J connectivity index is 1.44. The molecule has 1 fully saturated rings. The van der Waals surface area contributed by atoms with Crippen molar-refractivity contribution in [1.29, 1.82) is 0 Å². The van der Waals surface area contributed by atoms with Crippen LogP contribution in [0.2, 0.25) is 0 Å². The maximum absolute atomic E-state index is 12.3. The van der Waals surface area contributed by atoms with Gasteiger partial charge in [0.25, 0.3) is 11.1 Å². The van der Waals surface area contributed by atoms with Crippen LogP contribution in [0.5, 0.6) is 5.75 Å². The lowest BCUT2D eigenvalue weighted by atomic mass is 10.3. The number of carbonyl (C=O) groups excluding carboxylic acids is 1. The molecule has 0 aromatic heterocycles. The number of nitrogens with zero attached hydrogens (tertiary/aromatic N) is 2. The number of rotatable bonds is 6. The van der Waals surface area contributed by atoms with Crippen molar-refractivity contribution in [2.75, 3.05) is 46.5 Å². The fourth-order valence-electron chi connectivity index (χ4n) is 2.78. The molecule has 2 aliphatic heterocycles. The Morgan fingerprint density at radius 3 is 3.00 bits per heavy atom. The Labute approximate surface area is 145 Å². The molecule has 1 aromatic rings. The fourth-order valence-corrected chi connectivity index (χ4v) is 3.98. The summed E-state index contributed by atoms with van der Waals surface area (Å²) in [5, 5.41) is 2.69. The van der Waals surface area contributed by atoms with Crippen molar-refractivity contribution in [3.63, 3.8) is 0 Å². The first kappa shape index (κ1) is 17.2. The van der Waals surface area contributed by atoms with Crippen LogP contribution in [-0.2, 0) is 9.53 Å². The molecule has 130 valence electrons. The topological polar surface area (TPSA) is 70.9 Å². The second-order valence-corrected chi connectivity index (χ2v) is 6.98. The second-order valence-electron chi connectivity index (χ2n) is 5.76. The summed E-state index contributed by atoms with van der Waals surface area (Å²) < 4.78 is 11.5. The van der Waals surface area contributed by atoms with Crippen molar-refractivity contribution in [3.05, 3.63) is 23.1 Å². The number of fused-ring (bicyclic) bond motifs is 1. The zero-order valence-corrected chi connectivity index (χ0v) is 14.5. The third kappa shape index (κ3) is 4.06. The van der Waals surface area contributed by atoms with Crippen LogP contribution >= 0.6 is 11.8 Å². The molecular weight excluding hydrogens is 330 g/mol. The number of amides is 1. The van der Waals surface area contributed by atoms with E-state index in [9.17, 15) is 9.70 Å². The SMILES string of the molecule is COc1ccc2c(c1)SC(CCNC(=O)CN1CCOCC1)[N+]2=O. The third-order valence-corrected chi connectivity index (χ3v) is 5.39. The Morgan fingerprint density at radius 1 is 1.46 bits per heavy atom. The molecule has 7 nitrogen and oxygen atoms in total. The number of carbonyl (C=O) groups is 1. The van der Waals surface area contributed by atoms with Gasteiger partial charge in [0.2, 0.25) is 5.91 Å². The summed E-state index contributed by atoms with van der Waals surface area (Å²) in [6, 6.07) is 5.45. The summed E-state index contributed by atoms with van der Waals surface area (Å²) in [4.78, 5) is 27.3. The average Bonchev–Trinajstić information content (AvgIpc) is 2.91. The van der Waals surface area contributed by atoms with Crippen molar-refractivity contribution in [1.82, 2.24) is 10.2 Å². The minimum absolute atomic E-state index is 0.00321. The molecule has 1 aromatic carbocycles. The Bertz CT molecular complexity index is 619. The maximum atomic E-state index is 12.3. The molecule has 8 heteroatoms. The standard InChI is InChI=1S/C16H21N3O4S/c1-22-12-2-3-13-14(10-12)24-16(19(13)21)4-5-17-15(20)11-18-6-8-23-9-7-18/h2-3,10,16H,4-9,11H2,1H3/p+1. The number of benzene rings is 1. The summed E-state index contributed by atoms with van der Waals surface area (Å²) in [5.41, 5.74) is 0.672. The van der Waals surface area contributed by atoms with E-state index >= 15 is 0 Å². The van der Waals surface area contributed by atoms with Crippen molar-refractivity contribution in [3.8, 4) is 5.75 Å². The molecule has 0 spiro atoms. The zero-order valence-electron chi connectivity index (χ0n) is 13.7. The lowest BCUT2D eigenvalue weighted by Gasteiger charge is -2.25. The molecular formula is C16H22N3O4S+. The molecule has 3 rings (SSSR count). The number of nitrogens with one attached hydrogen (secondary N) is 1. The molecule has 1 saturated heterocycles. The lowest BCUT2D eigenvalue weighted by molar-refractivity contribution is -0.476. The van der Waals surface area contributed by atoms with Crippen molar-refractivity contribution >= 4 is 23.4 Å². The summed E-state index contributed by atoms with van der Waals surface area (Å²) >= 11 is 1.52. The van der Waals surface area contributed by atoms with Crippen LogP contribution < -0.4 is 10.1 Å². The minimum Gasteiger partial charge on any atom is -0.497 e. The molecule has 0 saturated carbocycles. The van der Waals surface area contributed by atoms with Gasteiger partial charge in [-0.15, -0.1) is 0 Å². The molecule has 24 heavy (non-hydrogen) atoms. The van der Waals surface area contributed by atoms with Crippen LogP contribution in [0.15, 0.2) is 23.1 Å².